The van der Waals surface area contributed by atoms with E-state index in [0.717, 1.165) is 19.3 Å². The van der Waals surface area contributed by atoms with Crippen LogP contribution in [-0.4, -0.2) is 42.6 Å². The summed E-state index contributed by atoms with van der Waals surface area (Å²) in [5.41, 5.74) is 3.31. The van der Waals surface area contributed by atoms with Gasteiger partial charge in [-0.3, -0.25) is 9.69 Å². The number of anilines is 1. The molecule has 0 radical (unpaired) electrons. The molecule has 0 spiro atoms. The molecule has 3 aliphatic rings. The smallest absolute Gasteiger partial charge is 0.324 e. The van der Waals surface area contributed by atoms with Gasteiger partial charge in [-0.05, 0) is 68.4 Å². The van der Waals surface area contributed by atoms with Crippen molar-refractivity contribution < 1.29 is 14.3 Å². The van der Waals surface area contributed by atoms with Gasteiger partial charge >= 0.3 is 6.03 Å². The number of ether oxygens (including phenoxy) is 1. The number of aryl methyl sites for hydroxylation is 1. The minimum absolute atomic E-state index is 0.0475. The fraction of sp³-hybridized carbons (Fsp3) is 0.462. The van der Waals surface area contributed by atoms with E-state index in [1.807, 2.05) is 24.0 Å². The molecule has 2 aromatic carbocycles. The summed E-state index contributed by atoms with van der Waals surface area (Å²) in [4.78, 5) is 30.0. The number of piperidine rings is 1. The topological polar surface area (TPSA) is 61.9 Å². The fourth-order valence-corrected chi connectivity index (χ4v) is 5.46. The highest BCUT2D eigenvalue weighted by atomic mass is 35.5. The van der Waals surface area contributed by atoms with E-state index in [1.54, 1.807) is 17.0 Å². The number of likely N-dealkylation sites (tertiary alicyclic amines) is 1. The molecule has 174 valence electrons. The minimum Gasteiger partial charge on any atom is -0.487 e. The second-order valence-electron chi connectivity index (χ2n) is 9.35. The first-order chi connectivity index (χ1) is 16.0. The zero-order valence-corrected chi connectivity index (χ0v) is 19.7. The number of benzene rings is 2. The van der Waals surface area contributed by atoms with Crippen molar-refractivity contribution in [3.63, 3.8) is 0 Å². The zero-order valence-electron chi connectivity index (χ0n) is 18.9. The first kappa shape index (κ1) is 22.1. The van der Waals surface area contributed by atoms with Crippen LogP contribution >= 0.6 is 11.6 Å². The van der Waals surface area contributed by atoms with Crippen LogP contribution in [0.5, 0.6) is 5.75 Å². The van der Waals surface area contributed by atoms with Crippen LogP contribution in [0, 0.1) is 5.92 Å². The summed E-state index contributed by atoms with van der Waals surface area (Å²) < 4.78 is 5.88. The monoisotopic (exact) mass is 467 g/mol. The number of fused-ring (bicyclic) bond motifs is 2. The largest absolute Gasteiger partial charge is 0.487 e. The number of carbonyl (C=O) groups excluding carboxylic acids is 2. The molecule has 3 amide bonds. The van der Waals surface area contributed by atoms with Gasteiger partial charge in [-0.2, -0.15) is 0 Å². The van der Waals surface area contributed by atoms with Gasteiger partial charge in [-0.25, -0.2) is 4.79 Å². The highest BCUT2D eigenvalue weighted by molar-refractivity contribution is 6.31. The molecule has 2 atom stereocenters. The molecule has 2 heterocycles. The van der Waals surface area contributed by atoms with Crippen molar-refractivity contribution in [3.05, 3.63) is 58.6 Å². The molecule has 1 fully saturated rings. The number of nitrogens with zero attached hydrogens (tertiary/aromatic N) is 2. The van der Waals surface area contributed by atoms with Crippen LogP contribution in [0.1, 0.15) is 49.8 Å². The average Bonchev–Trinajstić information content (AvgIpc) is 2.83. The quantitative estimate of drug-likeness (QED) is 0.679. The molecule has 7 heteroatoms. The molecule has 2 aromatic rings. The van der Waals surface area contributed by atoms with Crippen LogP contribution in [0.2, 0.25) is 5.02 Å². The third-order valence-corrected chi connectivity index (χ3v) is 7.27. The van der Waals surface area contributed by atoms with Crippen molar-refractivity contribution in [2.75, 3.05) is 24.5 Å². The Hall–Kier alpha value is -2.73. The molecule has 1 N–H and O–H groups in total. The van der Waals surface area contributed by atoms with Gasteiger partial charge in [-0.1, -0.05) is 35.9 Å². The summed E-state index contributed by atoms with van der Waals surface area (Å²) in [6.45, 7) is 3.57. The summed E-state index contributed by atoms with van der Waals surface area (Å²) in [7, 11) is 0. The van der Waals surface area contributed by atoms with Crippen LogP contribution in [0.3, 0.4) is 0 Å². The number of hydrogen-bond acceptors (Lipinski definition) is 3. The van der Waals surface area contributed by atoms with Gasteiger partial charge in [0.05, 0.1) is 18.3 Å². The Bertz CT molecular complexity index is 1050. The number of rotatable bonds is 2. The van der Waals surface area contributed by atoms with Gasteiger partial charge < -0.3 is 15.0 Å². The van der Waals surface area contributed by atoms with E-state index in [-0.39, 0.29) is 30.0 Å². The number of carbonyl (C=O) groups is 2. The van der Waals surface area contributed by atoms with Crippen LogP contribution in [-0.2, 0) is 11.2 Å². The third kappa shape index (κ3) is 4.54. The Balaban J connectivity index is 1.21. The van der Waals surface area contributed by atoms with Crippen LogP contribution in [0.25, 0.3) is 0 Å². The molecule has 0 aromatic heterocycles. The highest BCUT2D eigenvalue weighted by Gasteiger charge is 2.34. The van der Waals surface area contributed by atoms with E-state index in [1.165, 1.54) is 11.1 Å². The van der Waals surface area contributed by atoms with E-state index in [2.05, 4.69) is 23.5 Å². The summed E-state index contributed by atoms with van der Waals surface area (Å²) in [5.74, 6) is 0.725. The van der Waals surface area contributed by atoms with Gasteiger partial charge in [-0.15, -0.1) is 0 Å². The van der Waals surface area contributed by atoms with Crippen LogP contribution in [0.15, 0.2) is 42.5 Å². The zero-order chi connectivity index (χ0) is 22.9. The van der Waals surface area contributed by atoms with Gasteiger partial charge in [0.2, 0.25) is 5.91 Å². The standard InChI is InChI=1S/C26H30ClN3O3/c1-17-16-30(23-15-20(27)9-10-24(23)33-17)26(32)29-13-11-19(12-14-29)25(31)28-22-8-4-6-18-5-2-3-7-21(18)22/h2-3,5,7,9-10,15,17,19,22H,4,6,8,11-14,16H2,1H3,(H,28,31)/t17-,22+/m0/s1. The molecule has 0 saturated carbocycles. The maximum absolute atomic E-state index is 13.4. The Kier molecular flexibility index (Phi) is 6.19. The highest BCUT2D eigenvalue weighted by Crippen LogP contribution is 2.37. The number of nitrogens with one attached hydrogen (secondary N) is 1. The molecule has 1 aliphatic carbocycles. The molecule has 0 bridgehead atoms. The lowest BCUT2D eigenvalue weighted by Crippen LogP contribution is -2.52. The molecule has 1 saturated heterocycles. The fourth-order valence-electron chi connectivity index (χ4n) is 5.29. The minimum atomic E-state index is -0.0932. The third-order valence-electron chi connectivity index (χ3n) is 7.03. The Labute approximate surface area is 199 Å². The molecule has 0 unspecified atom stereocenters. The number of urea groups is 1. The number of hydrogen-bond donors (Lipinski definition) is 1. The summed E-state index contributed by atoms with van der Waals surface area (Å²) in [6, 6.07) is 13.8. The maximum atomic E-state index is 13.4. The normalized spacial score (nSPS) is 22.7. The van der Waals surface area contributed by atoms with Crippen molar-refractivity contribution in [1.82, 2.24) is 10.2 Å². The van der Waals surface area contributed by atoms with E-state index in [4.69, 9.17) is 16.3 Å². The predicted molar refractivity (Wildman–Crippen MR) is 129 cm³/mol. The van der Waals surface area contributed by atoms with Gasteiger partial charge in [0.25, 0.3) is 0 Å². The average molecular weight is 468 g/mol. The second kappa shape index (κ2) is 9.26. The van der Waals surface area contributed by atoms with Crippen molar-refractivity contribution in [1.29, 1.82) is 0 Å². The first-order valence-electron chi connectivity index (χ1n) is 11.9. The summed E-state index contributed by atoms with van der Waals surface area (Å²) in [6.07, 6.45) is 4.42. The lowest BCUT2D eigenvalue weighted by Gasteiger charge is -2.39. The lowest BCUT2D eigenvalue weighted by molar-refractivity contribution is -0.127. The molecular weight excluding hydrogens is 438 g/mol. The van der Waals surface area contributed by atoms with E-state index in [9.17, 15) is 9.59 Å². The molecule has 6 nitrogen and oxygen atoms in total. The SMILES string of the molecule is C[C@H]1CN(C(=O)N2CCC(C(=O)N[C@@H]3CCCc4ccccc43)CC2)c2cc(Cl)ccc2O1. The number of halogens is 1. The summed E-state index contributed by atoms with van der Waals surface area (Å²) >= 11 is 6.18. The number of amides is 3. The van der Waals surface area contributed by atoms with Gasteiger partial charge in [0.15, 0.2) is 0 Å². The van der Waals surface area contributed by atoms with Crippen molar-refractivity contribution in [3.8, 4) is 5.75 Å². The Morgan fingerprint density at radius 3 is 2.70 bits per heavy atom. The van der Waals surface area contributed by atoms with Crippen LogP contribution in [0.4, 0.5) is 10.5 Å². The first-order valence-corrected chi connectivity index (χ1v) is 12.3. The van der Waals surface area contributed by atoms with Crippen molar-refractivity contribution in [2.45, 2.75) is 51.2 Å². The van der Waals surface area contributed by atoms with E-state index in [0.29, 0.717) is 48.9 Å². The maximum Gasteiger partial charge on any atom is 0.324 e. The predicted octanol–water partition coefficient (Wildman–Crippen LogP) is 4.95. The molecular formula is C26H30ClN3O3. The molecule has 2 aliphatic heterocycles. The van der Waals surface area contributed by atoms with Crippen LogP contribution < -0.4 is 15.0 Å². The van der Waals surface area contributed by atoms with E-state index >= 15 is 0 Å². The molecule has 33 heavy (non-hydrogen) atoms. The van der Waals surface area contributed by atoms with Crippen molar-refractivity contribution >= 4 is 29.2 Å². The van der Waals surface area contributed by atoms with E-state index < -0.39 is 0 Å². The second-order valence-corrected chi connectivity index (χ2v) is 9.78. The van der Waals surface area contributed by atoms with Gasteiger partial charge in [0, 0.05) is 24.0 Å². The Morgan fingerprint density at radius 2 is 1.88 bits per heavy atom. The van der Waals surface area contributed by atoms with Crippen molar-refractivity contribution in [2.24, 2.45) is 5.92 Å². The van der Waals surface area contributed by atoms with Gasteiger partial charge in [0.1, 0.15) is 11.9 Å². The Morgan fingerprint density at radius 1 is 1.09 bits per heavy atom. The lowest BCUT2D eigenvalue weighted by atomic mass is 9.87. The summed E-state index contributed by atoms with van der Waals surface area (Å²) in [5, 5.41) is 3.87. The molecule has 5 rings (SSSR count).